The van der Waals surface area contributed by atoms with Crippen molar-refractivity contribution >= 4 is 29.8 Å². The van der Waals surface area contributed by atoms with Crippen molar-refractivity contribution in [3.05, 3.63) is 41.6 Å². The Morgan fingerprint density at radius 2 is 2.07 bits per heavy atom. The SMILES string of the molecule is CC/C=C\c1c(C)n(S)c2ccccc12. The normalized spacial score (nSPS) is 11.7. The first kappa shape index (κ1) is 10.4. The van der Waals surface area contributed by atoms with Gasteiger partial charge in [-0.3, -0.25) is 3.97 Å². The summed E-state index contributed by atoms with van der Waals surface area (Å²) in [5, 5.41) is 1.27. The van der Waals surface area contributed by atoms with E-state index < -0.39 is 0 Å². The molecule has 15 heavy (non-hydrogen) atoms. The van der Waals surface area contributed by atoms with Gasteiger partial charge < -0.3 is 0 Å². The van der Waals surface area contributed by atoms with Crippen LogP contribution in [0.25, 0.3) is 17.0 Å². The monoisotopic (exact) mass is 217 g/mol. The van der Waals surface area contributed by atoms with E-state index in [4.69, 9.17) is 0 Å². The van der Waals surface area contributed by atoms with Crippen LogP contribution in [0.2, 0.25) is 0 Å². The molecule has 0 N–H and O–H groups in total. The van der Waals surface area contributed by atoms with Crippen molar-refractivity contribution in [2.75, 3.05) is 0 Å². The molecule has 1 aromatic carbocycles. The van der Waals surface area contributed by atoms with E-state index in [0.29, 0.717) is 0 Å². The summed E-state index contributed by atoms with van der Waals surface area (Å²) < 4.78 is 1.95. The van der Waals surface area contributed by atoms with E-state index >= 15 is 0 Å². The van der Waals surface area contributed by atoms with Crippen LogP contribution >= 0.6 is 12.8 Å². The number of nitrogens with zero attached hydrogens (tertiary/aromatic N) is 1. The number of allylic oxidation sites excluding steroid dienone is 1. The molecular formula is C13H15NS. The highest BCUT2D eigenvalue weighted by Crippen LogP contribution is 2.27. The van der Waals surface area contributed by atoms with E-state index in [2.05, 4.69) is 57.0 Å². The molecule has 0 aliphatic carbocycles. The van der Waals surface area contributed by atoms with Crippen LogP contribution in [0.4, 0.5) is 0 Å². The fourth-order valence-electron chi connectivity index (χ4n) is 1.82. The fourth-order valence-corrected chi connectivity index (χ4v) is 2.10. The minimum atomic E-state index is 1.06. The van der Waals surface area contributed by atoms with Crippen LogP contribution < -0.4 is 0 Å². The van der Waals surface area contributed by atoms with E-state index in [1.807, 2.05) is 10.0 Å². The van der Waals surface area contributed by atoms with Gasteiger partial charge in [-0.15, -0.1) is 0 Å². The number of hydrogen-bond donors (Lipinski definition) is 1. The van der Waals surface area contributed by atoms with Gasteiger partial charge in [0, 0.05) is 16.6 Å². The van der Waals surface area contributed by atoms with Crippen LogP contribution in [0.1, 0.15) is 24.6 Å². The minimum Gasteiger partial charge on any atom is -0.290 e. The smallest absolute Gasteiger partial charge is 0.0598 e. The molecule has 0 bridgehead atoms. The van der Waals surface area contributed by atoms with Gasteiger partial charge in [-0.05, 0) is 19.4 Å². The maximum Gasteiger partial charge on any atom is 0.0598 e. The van der Waals surface area contributed by atoms with Gasteiger partial charge >= 0.3 is 0 Å². The Hall–Kier alpha value is -1.15. The number of hydrogen-bond acceptors (Lipinski definition) is 1. The predicted octanol–water partition coefficient (Wildman–Crippen LogP) is 4.07. The Bertz CT molecular complexity index is 508. The summed E-state index contributed by atoms with van der Waals surface area (Å²) in [6.07, 6.45) is 5.43. The zero-order valence-electron chi connectivity index (χ0n) is 9.07. The van der Waals surface area contributed by atoms with Gasteiger partial charge in [0.1, 0.15) is 0 Å². The number of rotatable bonds is 2. The van der Waals surface area contributed by atoms with Crippen molar-refractivity contribution in [2.45, 2.75) is 20.3 Å². The lowest BCUT2D eigenvalue weighted by atomic mass is 10.1. The first-order chi connectivity index (χ1) is 7.25. The summed E-state index contributed by atoms with van der Waals surface area (Å²) >= 11 is 4.49. The molecule has 0 aliphatic rings. The molecule has 2 aromatic rings. The van der Waals surface area contributed by atoms with Crippen LogP contribution in [-0.4, -0.2) is 3.97 Å². The Morgan fingerprint density at radius 1 is 1.33 bits per heavy atom. The molecule has 78 valence electrons. The molecular weight excluding hydrogens is 202 g/mol. The quantitative estimate of drug-likeness (QED) is 0.724. The summed E-state index contributed by atoms with van der Waals surface area (Å²) in [6.45, 7) is 4.24. The van der Waals surface area contributed by atoms with Gasteiger partial charge in [0.05, 0.1) is 5.52 Å². The first-order valence-electron chi connectivity index (χ1n) is 5.21. The molecule has 1 heterocycles. The molecule has 0 spiro atoms. The molecule has 0 saturated heterocycles. The van der Waals surface area contributed by atoms with Gasteiger partial charge in [0.2, 0.25) is 0 Å². The third kappa shape index (κ3) is 1.70. The summed E-state index contributed by atoms with van der Waals surface area (Å²) in [5.74, 6) is 0. The number of fused-ring (bicyclic) bond motifs is 1. The molecule has 2 rings (SSSR count). The van der Waals surface area contributed by atoms with E-state index in [9.17, 15) is 0 Å². The summed E-state index contributed by atoms with van der Waals surface area (Å²) in [7, 11) is 0. The van der Waals surface area contributed by atoms with Crippen molar-refractivity contribution < 1.29 is 0 Å². The van der Waals surface area contributed by atoms with Crippen LogP contribution in [0.15, 0.2) is 30.3 Å². The average Bonchev–Trinajstić information content (AvgIpc) is 2.51. The van der Waals surface area contributed by atoms with Crippen molar-refractivity contribution in [3.8, 4) is 0 Å². The molecule has 0 amide bonds. The third-order valence-electron chi connectivity index (χ3n) is 2.65. The molecule has 0 fully saturated rings. The van der Waals surface area contributed by atoms with Gasteiger partial charge in [-0.1, -0.05) is 50.1 Å². The number of para-hydroxylation sites is 1. The standard InChI is InChI=1S/C13H15NS/c1-3-4-7-11-10(2)14(15)13-9-6-5-8-12(11)13/h4-9,15H,3H2,1-2H3/b7-4-. The molecule has 0 atom stereocenters. The highest BCUT2D eigenvalue weighted by atomic mass is 32.1. The van der Waals surface area contributed by atoms with Crippen molar-refractivity contribution in [3.63, 3.8) is 0 Å². The molecule has 1 aromatic heterocycles. The number of thiol groups is 1. The Morgan fingerprint density at radius 3 is 2.80 bits per heavy atom. The second-order valence-electron chi connectivity index (χ2n) is 3.64. The zero-order valence-corrected chi connectivity index (χ0v) is 9.96. The number of benzene rings is 1. The molecule has 1 nitrogen and oxygen atoms in total. The van der Waals surface area contributed by atoms with Crippen LogP contribution in [-0.2, 0) is 0 Å². The lowest BCUT2D eigenvalue weighted by Crippen LogP contribution is -1.82. The topological polar surface area (TPSA) is 4.93 Å². The lowest BCUT2D eigenvalue weighted by molar-refractivity contribution is 1.21. The van der Waals surface area contributed by atoms with Crippen LogP contribution in [0, 0.1) is 6.92 Å². The van der Waals surface area contributed by atoms with Crippen LogP contribution in [0.3, 0.4) is 0 Å². The number of aromatic nitrogens is 1. The fraction of sp³-hybridized carbons (Fsp3) is 0.231. The van der Waals surface area contributed by atoms with Gasteiger partial charge in [-0.2, -0.15) is 0 Å². The Balaban J connectivity index is 2.72. The van der Waals surface area contributed by atoms with Crippen molar-refractivity contribution in [1.29, 1.82) is 0 Å². The largest absolute Gasteiger partial charge is 0.290 e. The van der Waals surface area contributed by atoms with Crippen LogP contribution in [0.5, 0.6) is 0 Å². The average molecular weight is 217 g/mol. The maximum absolute atomic E-state index is 4.49. The van der Waals surface area contributed by atoms with E-state index in [-0.39, 0.29) is 0 Å². The van der Waals surface area contributed by atoms with E-state index in [1.165, 1.54) is 22.2 Å². The molecule has 0 radical (unpaired) electrons. The predicted molar refractivity (Wildman–Crippen MR) is 70.4 cm³/mol. The van der Waals surface area contributed by atoms with Crippen molar-refractivity contribution in [2.24, 2.45) is 0 Å². The third-order valence-corrected chi connectivity index (χ3v) is 3.17. The van der Waals surface area contributed by atoms with Gasteiger partial charge in [0.15, 0.2) is 0 Å². The second kappa shape index (κ2) is 4.15. The lowest BCUT2D eigenvalue weighted by Gasteiger charge is -1.95. The molecule has 0 aliphatic heterocycles. The minimum absolute atomic E-state index is 1.06. The summed E-state index contributed by atoms with van der Waals surface area (Å²) in [6, 6.07) is 8.35. The summed E-state index contributed by atoms with van der Waals surface area (Å²) in [5.41, 5.74) is 3.65. The Kier molecular flexibility index (Phi) is 2.87. The van der Waals surface area contributed by atoms with E-state index in [0.717, 1.165) is 6.42 Å². The summed E-state index contributed by atoms with van der Waals surface area (Å²) in [4.78, 5) is 0. The zero-order chi connectivity index (χ0) is 10.8. The first-order valence-corrected chi connectivity index (χ1v) is 5.61. The highest BCUT2D eigenvalue weighted by molar-refractivity contribution is 7.78. The van der Waals surface area contributed by atoms with Crippen molar-refractivity contribution in [1.82, 2.24) is 3.97 Å². The molecule has 0 unspecified atom stereocenters. The van der Waals surface area contributed by atoms with Gasteiger partial charge in [-0.25, -0.2) is 0 Å². The molecule has 0 saturated carbocycles. The van der Waals surface area contributed by atoms with Gasteiger partial charge in [0.25, 0.3) is 0 Å². The second-order valence-corrected chi connectivity index (χ2v) is 4.04. The Labute approximate surface area is 96.0 Å². The molecule has 2 heteroatoms. The highest BCUT2D eigenvalue weighted by Gasteiger charge is 2.08. The van der Waals surface area contributed by atoms with E-state index in [1.54, 1.807) is 0 Å². The maximum atomic E-state index is 4.49.